The Labute approximate surface area is 286 Å². The van der Waals surface area contributed by atoms with E-state index in [2.05, 4.69) is 13.8 Å². The van der Waals surface area contributed by atoms with Gasteiger partial charge in [-0.25, -0.2) is 4.90 Å². The summed E-state index contributed by atoms with van der Waals surface area (Å²) in [5, 5.41) is 0. The third-order valence-electron chi connectivity index (χ3n) is 8.80. The molecule has 8 heteroatoms. The van der Waals surface area contributed by atoms with E-state index in [0.29, 0.717) is 50.9 Å². The number of hydrogen-bond acceptors (Lipinski definition) is 6. The first-order valence-electron chi connectivity index (χ1n) is 15.1. The molecule has 0 saturated heterocycles. The summed E-state index contributed by atoms with van der Waals surface area (Å²) in [6.07, 6.45) is 0. The van der Waals surface area contributed by atoms with Crippen LogP contribution in [-0.2, 0) is 5.41 Å². The Kier molecular flexibility index (Phi) is 9.02. The van der Waals surface area contributed by atoms with E-state index in [-0.39, 0.29) is 43.9 Å². The Morgan fingerprint density at radius 2 is 0.939 bits per heavy atom. The Morgan fingerprint density at radius 1 is 0.510 bits per heavy atom. The van der Waals surface area contributed by atoms with E-state index in [9.17, 15) is 19.2 Å². The summed E-state index contributed by atoms with van der Waals surface area (Å²) in [4.78, 5) is 53.1. The topological polar surface area (TPSA) is 93.2 Å². The number of amides is 4. The van der Waals surface area contributed by atoms with Crippen LogP contribution in [0.1, 0.15) is 86.8 Å². The van der Waals surface area contributed by atoms with Gasteiger partial charge in [0.1, 0.15) is 23.0 Å². The van der Waals surface area contributed by atoms with Crippen LogP contribution < -0.4 is 14.4 Å². The fourth-order valence-corrected chi connectivity index (χ4v) is 6.01. The highest BCUT2D eigenvalue weighted by molar-refractivity contribution is 6.34. The van der Waals surface area contributed by atoms with Crippen molar-refractivity contribution in [3.05, 3.63) is 148 Å². The summed E-state index contributed by atoms with van der Waals surface area (Å²) >= 11 is 0. The van der Waals surface area contributed by atoms with Crippen LogP contribution >= 0.6 is 0 Å². The number of nitrogens with zero attached hydrogens (tertiary/aromatic N) is 2. The van der Waals surface area contributed by atoms with Gasteiger partial charge in [-0.2, -0.15) is 0 Å². The molecule has 0 unspecified atom stereocenters. The normalized spacial score (nSPS) is 13.5. The van der Waals surface area contributed by atoms with Crippen molar-refractivity contribution in [2.75, 3.05) is 11.9 Å². The van der Waals surface area contributed by atoms with Crippen molar-refractivity contribution in [1.29, 1.82) is 0 Å². The summed E-state index contributed by atoms with van der Waals surface area (Å²) in [7, 11) is 1.47. The standard InChI is InChI=1S/C39H30N2O6.2CH4/c1-23-6-5-7-26(20-23)41-37(44)32-19-17-30(22-34(32)38(41)45)47-28-14-10-25(11-15-28)39(2,3)24-8-12-27(13-9-24)46-29-16-18-31-33(21-29)36(43)40(4)35(31)42;;/h5-22H,1-4H3;2*1H4. The Bertz CT molecular complexity index is 2120. The van der Waals surface area contributed by atoms with Crippen LogP contribution in [-0.4, -0.2) is 35.6 Å². The molecular formula is C41H38N2O6. The molecular weight excluding hydrogens is 616 g/mol. The molecule has 0 saturated carbocycles. The van der Waals surface area contributed by atoms with Crippen molar-refractivity contribution in [2.24, 2.45) is 0 Å². The quantitative estimate of drug-likeness (QED) is 0.163. The highest BCUT2D eigenvalue weighted by Crippen LogP contribution is 2.37. The minimum Gasteiger partial charge on any atom is -0.457 e. The van der Waals surface area contributed by atoms with Crippen molar-refractivity contribution in [3.63, 3.8) is 0 Å². The van der Waals surface area contributed by atoms with Gasteiger partial charge in [-0.15, -0.1) is 0 Å². The molecule has 0 aliphatic carbocycles. The van der Waals surface area contributed by atoms with Crippen LogP contribution in [0.25, 0.3) is 0 Å². The Balaban J connectivity index is 0.00000234. The fourth-order valence-electron chi connectivity index (χ4n) is 6.01. The van der Waals surface area contributed by atoms with Gasteiger partial charge in [0.25, 0.3) is 23.6 Å². The number of rotatable bonds is 7. The lowest BCUT2D eigenvalue weighted by atomic mass is 9.78. The van der Waals surface area contributed by atoms with Crippen molar-refractivity contribution in [3.8, 4) is 23.0 Å². The maximum atomic E-state index is 13.2. The second kappa shape index (κ2) is 12.9. The van der Waals surface area contributed by atoms with E-state index in [1.165, 1.54) is 11.9 Å². The molecule has 49 heavy (non-hydrogen) atoms. The second-order valence-electron chi connectivity index (χ2n) is 12.2. The predicted octanol–water partition coefficient (Wildman–Crippen LogP) is 9.20. The smallest absolute Gasteiger partial charge is 0.266 e. The number of anilines is 1. The van der Waals surface area contributed by atoms with Crippen LogP contribution in [0.15, 0.2) is 109 Å². The minimum absolute atomic E-state index is 0. The van der Waals surface area contributed by atoms with Crippen LogP contribution in [0.2, 0.25) is 0 Å². The lowest BCUT2D eigenvalue weighted by Crippen LogP contribution is -2.29. The largest absolute Gasteiger partial charge is 0.457 e. The number of carbonyl (C=O) groups excluding carboxylic acids is 4. The molecule has 4 amide bonds. The van der Waals surface area contributed by atoms with Gasteiger partial charge in [-0.05, 0) is 96.4 Å². The average molecular weight is 655 g/mol. The number of aryl methyl sites for hydroxylation is 1. The predicted molar refractivity (Wildman–Crippen MR) is 190 cm³/mol. The number of imide groups is 2. The maximum absolute atomic E-state index is 13.2. The van der Waals surface area contributed by atoms with Crippen molar-refractivity contribution in [1.82, 2.24) is 4.90 Å². The van der Waals surface area contributed by atoms with Gasteiger partial charge in [0.15, 0.2) is 0 Å². The molecule has 2 aliphatic rings. The number of hydrogen-bond donors (Lipinski definition) is 0. The van der Waals surface area contributed by atoms with Crippen molar-refractivity contribution >= 4 is 29.3 Å². The molecule has 0 aromatic heterocycles. The third-order valence-corrected chi connectivity index (χ3v) is 8.80. The van der Waals surface area contributed by atoms with Gasteiger partial charge in [-0.1, -0.05) is 65.1 Å². The molecule has 248 valence electrons. The van der Waals surface area contributed by atoms with E-state index in [1.807, 2.05) is 73.7 Å². The van der Waals surface area contributed by atoms with E-state index >= 15 is 0 Å². The molecule has 0 fully saturated rings. The minimum atomic E-state index is -0.374. The summed E-state index contributed by atoms with van der Waals surface area (Å²) < 4.78 is 12.1. The van der Waals surface area contributed by atoms with Gasteiger partial charge >= 0.3 is 0 Å². The highest BCUT2D eigenvalue weighted by atomic mass is 16.5. The zero-order chi connectivity index (χ0) is 33.0. The van der Waals surface area contributed by atoms with Crippen LogP contribution in [0.3, 0.4) is 0 Å². The maximum Gasteiger partial charge on any atom is 0.266 e. The molecule has 0 atom stereocenters. The van der Waals surface area contributed by atoms with Gasteiger partial charge in [0, 0.05) is 12.5 Å². The van der Waals surface area contributed by atoms with E-state index in [0.717, 1.165) is 21.6 Å². The van der Waals surface area contributed by atoms with E-state index in [4.69, 9.17) is 9.47 Å². The Hall–Kier alpha value is -6.02. The zero-order valence-electron chi connectivity index (χ0n) is 26.2. The monoisotopic (exact) mass is 654 g/mol. The summed E-state index contributed by atoms with van der Waals surface area (Å²) in [5.74, 6) is 0.769. The van der Waals surface area contributed by atoms with Crippen LogP contribution in [0.5, 0.6) is 23.0 Å². The number of benzene rings is 5. The summed E-state index contributed by atoms with van der Waals surface area (Å²) in [6, 6.07) is 32.7. The number of carbonyl (C=O) groups is 4. The molecule has 0 bridgehead atoms. The zero-order valence-corrected chi connectivity index (χ0v) is 26.2. The average Bonchev–Trinajstić information content (AvgIpc) is 3.44. The fraction of sp³-hybridized carbons (Fsp3) is 0.171. The summed E-state index contributed by atoms with van der Waals surface area (Å²) in [6.45, 7) is 6.17. The molecule has 5 aromatic carbocycles. The van der Waals surface area contributed by atoms with Gasteiger partial charge < -0.3 is 9.47 Å². The second-order valence-corrected chi connectivity index (χ2v) is 12.2. The third kappa shape index (κ3) is 5.97. The summed E-state index contributed by atoms with van der Waals surface area (Å²) in [5.41, 5.74) is 4.66. The molecule has 7 rings (SSSR count). The first kappa shape index (κ1) is 34.3. The van der Waals surface area contributed by atoms with Gasteiger partial charge in [0.2, 0.25) is 0 Å². The van der Waals surface area contributed by atoms with E-state index < -0.39 is 0 Å². The van der Waals surface area contributed by atoms with Gasteiger partial charge in [0.05, 0.1) is 27.9 Å². The molecule has 0 N–H and O–H groups in total. The Morgan fingerprint density at radius 3 is 1.45 bits per heavy atom. The number of ether oxygens (including phenoxy) is 2. The van der Waals surface area contributed by atoms with E-state index in [1.54, 1.807) is 42.5 Å². The molecule has 2 aliphatic heterocycles. The highest BCUT2D eigenvalue weighted by Gasteiger charge is 2.37. The lowest BCUT2D eigenvalue weighted by Gasteiger charge is -2.26. The van der Waals surface area contributed by atoms with Crippen molar-refractivity contribution in [2.45, 2.75) is 41.0 Å². The molecule has 8 nitrogen and oxygen atoms in total. The SMILES string of the molecule is C.C.Cc1cccc(N2C(=O)c3ccc(Oc4ccc(C(C)(C)c5ccc(Oc6ccc7c(c6)C(=O)N(C)C7=O)cc5)cc4)cc3C2=O)c1. The van der Waals surface area contributed by atoms with Crippen LogP contribution in [0.4, 0.5) is 5.69 Å². The molecule has 5 aromatic rings. The molecule has 0 spiro atoms. The number of fused-ring (bicyclic) bond motifs is 2. The first-order chi connectivity index (χ1) is 22.5. The van der Waals surface area contributed by atoms with Crippen LogP contribution in [0, 0.1) is 6.92 Å². The molecule has 0 radical (unpaired) electrons. The first-order valence-corrected chi connectivity index (χ1v) is 15.1. The lowest BCUT2D eigenvalue weighted by molar-refractivity contribution is 0.0692. The van der Waals surface area contributed by atoms with Gasteiger partial charge in [-0.3, -0.25) is 24.1 Å². The van der Waals surface area contributed by atoms with Crippen molar-refractivity contribution < 1.29 is 28.7 Å². The molecule has 2 heterocycles.